The van der Waals surface area contributed by atoms with E-state index in [-0.39, 0.29) is 17.9 Å². The Bertz CT molecular complexity index is 954. The molecular formula is C21H24F2N4O3. The van der Waals surface area contributed by atoms with Crippen molar-refractivity contribution in [3.05, 3.63) is 53.1 Å². The quantitative estimate of drug-likeness (QED) is 0.769. The number of halogens is 2. The van der Waals surface area contributed by atoms with Crippen LogP contribution in [0, 0.1) is 11.6 Å². The van der Waals surface area contributed by atoms with Gasteiger partial charge in [0.1, 0.15) is 23.2 Å². The van der Waals surface area contributed by atoms with Gasteiger partial charge in [-0.2, -0.15) is 0 Å². The number of imidazole rings is 1. The summed E-state index contributed by atoms with van der Waals surface area (Å²) in [6.45, 7) is 4.18. The van der Waals surface area contributed by atoms with Crippen molar-refractivity contribution in [1.82, 2.24) is 19.4 Å². The second-order valence-electron chi connectivity index (χ2n) is 7.57. The lowest BCUT2D eigenvalue weighted by Gasteiger charge is -2.33. The first-order valence-electron chi connectivity index (χ1n) is 10.2. The van der Waals surface area contributed by atoms with Crippen LogP contribution in [0.25, 0.3) is 0 Å². The van der Waals surface area contributed by atoms with Crippen LogP contribution in [-0.2, 0) is 17.7 Å². The highest BCUT2D eigenvalue weighted by Gasteiger charge is 2.29. The summed E-state index contributed by atoms with van der Waals surface area (Å²) in [6, 6.07) is 3.51. The molecule has 30 heavy (non-hydrogen) atoms. The van der Waals surface area contributed by atoms with Gasteiger partial charge in [-0.15, -0.1) is 0 Å². The van der Waals surface area contributed by atoms with Crippen molar-refractivity contribution < 1.29 is 23.1 Å². The van der Waals surface area contributed by atoms with E-state index in [0.717, 1.165) is 18.0 Å². The number of nitrogens with zero attached hydrogens (tertiary/aromatic N) is 4. The Kier molecular flexibility index (Phi) is 5.69. The third-order valence-corrected chi connectivity index (χ3v) is 5.70. The van der Waals surface area contributed by atoms with Crippen LogP contribution in [0.1, 0.15) is 41.1 Å². The van der Waals surface area contributed by atoms with Crippen molar-refractivity contribution in [3.8, 4) is 0 Å². The fourth-order valence-electron chi connectivity index (χ4n) is 4.10. The number of rotatable bonds is 3. The summed E-state index contributed by atoms with van der Waals surface area (Å²) in [4.78, 5) is 32.4. The second kappa shape index (κ2) is 8.41. The molecule has 1 aromatic carbocycles. The summed E-state index contributed by atoms with van der Waals surface area (Å²) in [7, 11) is 0. The smallest absolute Gasteiger partial charge is 0.409 e. The van der Waals surface area contributed by atoms with Crippen LogP contribution >= 0.6 is 0 Å². The number of aryl methyl sites for hydroxylation is 1. The van der Waals surface area contributed by atoms with Gasteiger partial charge in [0.15, 0.2) is 0 Å². The zero-order valence-corrected chi connectivity index (χ0v) is 16.8. The zero-order valence-electron chi connectivity index (χ0n) is 16.8. The van der Waals surface area contributed by atoms with E-state index in [1.165, 1.54) is 6.07 Å². The Hall–Kier alpha value is -2.97. The highest BCUT2D eigenvalue weighted by molar-refractivity contribution is 5.92. The minimum absolute atomic E-state index is 0.168. The number of aromatic nitrogens is 2. The number of hydrogen-bond donors (Lipinski definition) is 0. The number of carbonyl (C=O) groups is 2. The van der Waals surface area contributed by atoms with Crippen LogP contribution < -0.4 is 0 Å². The lowest BCUT2D eigenvalue weighted by Crippen LogP contribution is -2.50. The molecule has 1 fully saturated rings. The number of ether oxygens (including phenoxy) is 1. The SMILES string of the molecule is CCOC(=O)N1CCN(C(=O)c2cn3c(n2)CC[C@@H](c2cc(F)ccc2F)C3)CC1. The lowest BCUT2D eigenvalue weighted by atomic mass is 9.91. The molecule has 0 unspecified atom stereocenters. The summed E-state index contributed by atoms with van der Waals surface area (Å²) < 4.78 is 34.6. The summed E-state index contributed by atoms with van der Waals surface area (Å²) in [6.07, 6.45) is 2.56. The predicted octanol–water partition coefficient (Wildman–Crippen LogP) is 2.81. The highest BCUT2D eigenvalue weighted by atomic mass is 19.1. The van der Waals surface area contributed by atoms with E-state index in [1.54, 1.807) is 22.9 Å². The molecule has 2 aliphatic heterocycles. The third kappa shape index (κ3) is 4.01. The number of benzene rings is 1. The molecule has 0 bridgehead atoms. The van der Waals surface area contributed by atoms with Crippen LogP contribution in [0.3, 0.4) is 0 Å². The van der Waals surface area contributed by atoms with Gasteiger partial charge in [-0.3, -0.25) is 4.79 Å². The highest BCUT2D eigenvalue weighted by Crippen LogP contribution is 2.31. The zero-order chi connectivity index (χ0) is 21.3. The molecule has 2 amide bonds. The number of hydrogen-bond acceptors (Lipinski definition) is 4. The van der Waals surface area contributed by atoms with Crippen molar-refractivity contribution in [1.29, 1.82) is 0 Å². The second-order valence-corrected chi connectivity index (χ2v) is 7.57. The van der Waals surface area contributed by atoms with Gasteiger partial charge in [0.2, 0.25) is 0 Å². The van der Waals surface area contributed by atoms with Crippen LogP contribution in [0.5, 0.6) is 0 Å². The van der Waals surface area contributed by atoms with Crippen LogP contribution in [0.15, 0.2) is 24.4 Å². The van der Waals surface area contributed by atoms with Crippen molar-refractivity contribution >= 4 is 12.0 Å². The molecule has 2 aromatic rings. The largest absolute Gasteiger partial charge is 0.450 e. The van der Waals surface area contributed by atoms with Crippen LogP contribution in [0.2, 0.25) is 0 Å². The van der Waals surface area contributed by atoms with E-state index in [4.69, 9.17) is 4.74 Å². The third-order valence-electron chi connectivity index (χ3n) is 5.70. The van der Waals surface area contributed by atoms with Crippen LogP contribution in [0.4, 0.5) is 13.6 Å². The molecule has 0 saturated carbocycles. The standard InChI is InChI=1S/C21H24F2N4O3/c1-2-30-21(29)26-9-7-25(8-10-26)20(28)18-13-27-12-14(3-6-19(27)24-18)16-11-15(22)4-5-17(16)23/h4-5,11,13-14H,2-3,6-10,12H2,1H3/t14-/m1/s1. The van der Waals surface area contributed by atoms with Gasteiger partial charge in [0, 0.05) is 51.3 Å². The van der Waals surface area contributed by atoms with Gasteiger partial charge in [0.05, 0.1) is 6.61 Å². The van der Waals surface area contributed by atoms with E-state index < -0.39 is 11.6 Å². The Balaban J connectivity index is 1.42. The van der Waals surface area contributed by atoms with E-state index in [2.05, 4.69) is 4.98 Å². The van der Waals surface area contributed by atoms with Gasteiger partial charge in [-0.25, -0.2) is 18.6 Å². The topological polar surface area (TPSA) is 67.7 Å². The number of amides is 2. The maximum atomic E-state index is 14.2. The summed E-state index contributed by atoms with van der Waals surface area (Å²) in [5.74, 6) is -0.453. The molecule has 4 rings (SSSR count). The first kappa shape index (κ1) is 20.3. The van der Waals surface area contributed by atoms with Gasteiger partial charge in [-0.05, 0) is 37.1 Å². The van der Waals surface area contributed by atoms with Gasteiger partial charge < -0.3 is 19.1 Å². The fourth-order valence-corrected chi connectivity index (χ4v) is 4.10. The predicted molar refractivity (Wildman–Crippen MR) is 104 cm³/mol. The Morgan fingerprint density at radius 1 is 1.17 bits per heavy atom. The van der Waals surface area contributed by atoms with E-state index in [1.807, 2.05) is 4.57 Å². The number of fused-ring (bicyclic) bond motifs is 1. The summed E-state index contributed by atoms with van der Waals surface area (Å²) in [5.41, 5.74) is 0.701. The van der Waals surface area contributed by atoms with Crippen molar-refractivity contribution in [2.75, 3.05) is 32.8 Å². The molecule has 0 aliphatic carbocycles. The molecule has 9 heteroatoms. The maximum Gasteiger partial charge on any atom is 0.409 e. The van der Waals surface area contributed by atoms with Gasteiger partial charge in [0.25, 0.3) is 5.91 Å². The molecule has 160 valence electrons. The lowest BCUT2D eigenvalue weighted by molar-refractivity contribution is 0.0566. The molecule has 2 aliphatic rings. The van der Waals surface area contributed by atoms with Crippen molar-refractivity contribution in [3.63, 3.8) is 0 Å². The van der Waals surface area contributed by atoms with Gasteiger partial charge >= 0.3 is 6.09 Å². The normalized spacial score (nSPS) is 18.8. The molecule has 1 atom stereocenters. The molecule has 0 N–H and O–H groups in total. The minimum atomic E-state index is -0.458. The molecular weight excluding hydrogens is 394 g/mol. The van der Waals surface area contributed by atoms with E-state index in [0.29, 0.717) is 63.4 Å². The van der Waals surface area contributed by atoms with E-state index in [9.17, 15) is 18.4 Å². The molecule has 0 spiro atoms. The average molecular weight is 418 g/mol. The average Bonchev–Trinajstić information content (AvgIpc) is 3.18. The first-order valence-corrected chi connectivity index (χ1v) is 10.2. The van der Waals surface area contributed by atoms with Crippen molar-refractivity contribution in [2.45, 2.75) is 32.2 Å². The molecule has 7 nitrogen and oxygen atoms in total. The van der Waals surface area contributed by atoms with Crippen LogP contribution in [-0.4, -0.2) is 64.1 Å². The Labute approximate surface area is 173 Å². The summed E-state index contributed by atoms with van der Waals surface area (Å²) >= 11 is 0. The number of piperazine rings is 1. The Morgan fingerprint density at radius 3 is 2.63 bits per heavy atom. The van der Waals surface area contributed by atoms with Crippen molar-refractivity contribution in [2.24, 2.45) is 0 Å². The fraction of sp³-hybridized carbons (Fsp3) is 0.476. The monoisotopic (exact) mass is 418 g/mol. The Morgan fingerprint density at radius 2 is 1.90 bits per heavy atom. The minimum Gasteiger partial charge on any atom is -0.450 e. The molecule has 1 saturated heterocycles. The molecule has 3 heterocycles. The first-order chi connectivity index (χ1) is 14.5. The number of carbonyl (C=O) groups excluding carboxylic acids is 2. The summed E-state index contributed by atoms with van der Waals surface area (Å²) in [5, 5.41) is 0. The molecule has 0 radical (unpaired) electrons. The van der Waals surface area contributed by atoms with Gasteiger partial charge in [-0.1, -0.05) is 0 Å². The van der Waals surface area contributed by atoms with E-state index >= 15 is 0 Å². The maximum absolute atomic E-state index is 14.2. The molecule has 1 aromatic heterocycles.